The summed E-state index contributed by atoms with van der Waals surface area (Å²) in [5.74, 6) is -0.368. The second-order valence-electron chi connectivity index (χ2n) is 7.82. The number of aliphatic hydroxyl groups is 1. The van der Waals surface area contributed by atoms with Gasteiger partial charge in [-0.25, -0.2) is 12.8 Å². The van der Waals surface area contributed by atoms with E-state index in [1.54, 1.807) is 0 Å². The first-order chi connectivity index (χ1) is 14.2. The molecule has 0 aliphatic carbocycles. The van der Waals surface area contributed by atoms with Gasteiger partial charge in [-0.3, -0.25) is 4.90 Å². The highest BCUT2D eigenvalue weighted by atomic mass is 35.5. The summed E-state index contributed by atoms with van der Waals surface area (Å²) in [7, 11) is -2.66. The molecule has 0 amide bonds. The van der Waals surface area contributed by atoms with Crippen LogP contribution in [0.5, 0.6) is 0 Å². The molecule has 0 bridgehead atoms. The number of nitrogens with one attached hydrogen (secondary N) is 2. The molecule has 168 valence electrons. The maximum atomic E-state index is 14.8. The third-order valence-corrected chi connectivity index (χ3v) is 9.30. The molecule has 30 heavy (non-hydrogen) atoms. The Bertz CT molecular complexity index is 889. The number of hydrogen-bond donors (Lipinski definition) is 3. The highest BCUT2D eigenvalue weighted by molar-refractivity contribution is 8.00. The number of aliphatic hydroxyl groups excluding tert-OH is 1. The van der Waals surface area contributed by atoms with Gasteiger partial charge in [0.25, 0.3) is 0 Å². The Kier molecular flexibility index (Phi) is 7.68. The van der Waals surface area contributed by atoms with Crippen molar-refractivity contribution in [3.05, 3.63) is 23.0 Å². The number of halogens is 2. The molecule has 2 saturated heterocycles. The van der Waals surface area contributed by atoms with E-state index < -0.39 is 20.7 Å². The van der Waals surface area contributed by atoms with Crippen molar-refractivity contribution in [1.29, 1.82) is 5.41 Å². The molecule has 0 saturated carbocycles. The minimum absolute atomic E-state index is 0.0791. The van der Waals surface area contributed by atoms with Crippen LogP contribution < -0.4 is 5.32 Å². The summed E-state index contributed by atoms with van der Waals surface area (Å²) in [6.07, 6.45) is 5.12. The summed E-state index contributed by atoms with van der Waals surface area (Å²) in [5.41, 5.74) is 0.284. The quantitative estimate of drug-likeness (QED) is 0.272. The number of hydrogen-bond acceptors (Lipinski definition) is 7. The molecule has 0 aromatic heterocycles. The lowest BCUT2D eigenvalue weighted by Crippen LogP contribution is -2.48. The molecule has 3 N–H and O–H groups in total. The number of sulfonamides is 1. The molecule has 7 nitrogen and oxygen atoms in total. The predicted octanol–water partition coefficient (Wildman–Crippen LogP) is 2.84. The second-order valence-corrected chi connectivity index (χ2v) is 11.2. The summed E-state index contributed by atoms with van der Waals surface area (Å²) in [6, 6.07) is 2.46. The Labute approximate surface area is 186 Å². The Morgan fingerprint density at radius 3 is 2.97 bits per heavy atom. The highest BCUT2D eigenvalue weighted by Crippen LogP contribution is 2.42. The van der Waals surface area contributed by atoms with Gasteiger partial charge in [0.05, 0.1) is 23.2 Å². The van der Waals surface area contributed by atoms with E-state index in [9.17, 15) is 17.9 Å². The van der Waals surface area contributed by atoms with Crippen LogP contribution in [0, 0.1) is 11.2 Å². The van der Waals surface area contributed by atoms with Crippen LogP contribution in [0.4, 0.5) is 10.1 Å². The van der Waals surface area contributed by atoms with Gasteiger partial charge >= 0.3 is 0 Å². The van der Waals surface area contributed by atoms with E-state index in [4.69, 9.17) is 17.0 Å². The predicted molar refractivity (Wildman–Crippen MR) is 120 cm³/mol. The van der Waals surface area contributed by atoms with Crippen molar-refractivity contribution in [2.45, 2.75) is 42.2 Å². The first kappa shape index (κ1) is 23.7. The molecule has 2 atom stereocenters. The van der Waals surface area contributed by atoms with Crippen LogP contribution in [0.2, 0.25) is 5.02 Å². The van der Waals surface area contributed by atoms with Crippen molar-refractivity contribution in [3.8, 4) is 0 Å². The SMILES string of the molecule is CN(CSCC=N)S(=O)(=O)c1cc(Cl)c(NCC23CCCN2C(CO)CC3)cc1F. The minimum atomic E-state index is -4.03. The van der Waals surface area contributed by atoms with E-state index in [1.807, 2.05) is 0 Å². The molecule has 2 unspecified atom stereocenters. The third-order valence-electron chi connectivity index (χ3n) is 6.04. The fraction of sp³-hybridized carbons (Fsp3) is 0.632. The van der Waals surface area contributed by atoms with Gasteiger partial charge in [-0.05, 0) is 44.4 Å². The monoisotopic (exact) mass is 478 g/mol. The lowest BCUT2D eigenvalue weighted by molar-refractivity contribution is 0.113. The van der Waals surface area contributed by atoms with Gasteiger partial charge in [0.15, 0.2) is 0 Å². The Hall–Kier alpha value is -0.910. The van der Waals surface area contributed by atoms with Crippen molar-refractivity contribution < 1.29 is 17.9 Å². The first-order valence-corrected chi connectivity index (χ1v) is 12.9. The molecule has 3 rings (SSSR count). The fourth-order valence-electron chi connectivity index (χ4n) is 4.46. The van der Waals surface area contributed by atoms with E-state index in [0.29, 0.717) is 18.0 Å². The fourth-order valence-corrected chi connectivity index (χ4v) is 6.92. The van der Waals surface area contributed by atoms with Crippen LogP contribution in [0.1, 0.15) is 25.7 Å². The molecule has 2 heterocycles. The van der Waals surface area contributed by atoms with Crippen molar-refractivity contribution in [2.75, 3.05) is 43.7 Å². The van der Waals surface area contributed by atoms with Crippen LogP contribution in [0.25, 0.3) is 0 Å². The largest absolute Gasteiger partial charge is 0.395 e. The minimum Gasteiger partial charge on any atom is -0.395 e. The molecule has 0 spiro atoms. The van der Waals surface area contributed by atoms with Gasteiger partial charge in [0.2, 0.25) is 10.0 Å². The maximum Gasteiger partial charge on any atom is 0.246 e. The van der Waals surface area contributed by atoms with E-state index in [0.717, 1.165) is 48.7 Å². The van der Waals surface area contributed by atoms with Gasteiger partial charge < -0.3 is 15.8 Å². The van der Waals surface area contributed by atoms with Crippen molar-refractivity contribution in [1.82, 2.24) is 9.21 Å². The van der Waals surface area contributed by atoms with Gasteiger partial charge in [0, 0.05) is 37.1 Å². The van der Waals surface area contributed by atoms with Crippen LogP contribution >= 0.6 is 23.4 Å². The molecular weight excluding hydrogens is 451 g/mol. The lowest BCUT2D eigenvalue weighted by atomic mass is 9.94. The van der Waals surface area contributed by atoms with Crippen LogP contribution in [-0.4, -0.2) is 78.9 Å². The van der Waals surface area contributed by atoms with Gasteiger partial charge in [0.1, 0.15) is 10.7 Å². The molecule has 1 aromatic rings. The number of benzene rings is 1. The summed E-state index contributed by atoms with van der Waals surface area (Å²) in [5, 5.41) is 20.0. The van der Waals surface area contributed by atoms with E-state index in [-0.39, 0.29) is 29.1 Å². The zero-order valence-corrected chi connectivity index (χ0v) is 19.3. The Morgan fingerprint density at radius 2 is 2.27 bits per heavy atom. The number of rotatable bonds is 10. The molecule has 11 heteroatoms. The Morgan fingerprint density at radius 1 is 1.50 bits per heavy atom. The van der Waals surface area contributed by atoms with E-state index >= 15 is 0 Å². The normalized spacial score (nSPS) is 24.4. The van der Waals surface area contributed by atoms with E-state index in [2.05, 4.69) is 10.2 Å². The maximum absolute atomic E-state index is 14.8. The molecule has 0 radical (unpaired) electrons. The summed E-state index contributed by atoms with van der Waals surface area (Å²) in [4.78, 5) is 1.88. The van der Waals surface area contributed by atoms with Crippen LogP contribution in [0.3, 0.4) is 0 Å². The van der Waals surface area contributed by atoms with Crippen molar-refractivity contribution in [3.63, 3.8) is 0 Å². The highest BCUT2D eigenvalue weighted by Gasteiger charge is 2.48. The van der Waals surface area contributed by atoms with Gasteiger partial charge in [-0.2, -0.15) is 4.31 Å². The average molecular weight is 479 g/mol. The molecular formula is C19H28ClFN4O3S2. The van der Waals surface area contributed by atoms with Crippen LogP contribution in [-0.2, 0) is 10.0 Å². The zero-order chi connectivity index (χ0) is 21.9. The number of anilines is 1. The lowest BCUT2D eigenvalue weighted by Gasteiger charge is -2.35. The topological polar surface area (TPSA) is 96.7 Å². The summed E-state index contributed by atoms with van der Waals surface area (Å²) in [6.45, 7) is 1.64. The summed E-state index contributed by atoms with van der Waals surface area (Å²) >= 11 is 7.56. The molecule has 2 aliphatic heterocycles. The number of fused-ring (bicyclic) bond motifs is 1. The average Bonchev–Trinajstić information content (AvgIpc) is 3.27. The summed E-state index contributed by atoms with van der Waals surface area (Å²) < 4.78 is 41.2. The molecule has 2 fully saturated rings. The molecule has 1 aromatic carbocycles. The zero-order valence-electron chi connectivity index (χ0n) is 16.9. The number of thioether (sulfide) groups is 1. The number of nitrogens with zero attached hydrogens (tertiary/aromatic N) is 2. The first-order valence-electron chi connectivity index (χ1n) is 9.89. The van der Waals surface area contributed by atoms with Crippen molar-refractivity contribution >= 4 is 45.3 Å². The molecule has 2 aliphatic rings. The van der Waals surface area contributed by atoms with Crippen LogP contribution in [0.15, 0.2) is 17.0 Å². The van der Waals surface area contributed by atoms with Crippen molar-refractivity contribution in [2.24, 2.45) is 0 Å². The smallest absolute Gasteiger partial charge is 0.246 e. The standard InChI is InChI=1S/C19H28ClFN4O3S2/c1-24(13-29-8-6-22)30(27,28)18-9-15(20)17(10-16(18)21)23-12-19-4-2-7-25(19)14(11-26)3-5-19/h6,9-10,14,22-23,26H,2-5,7-8,11-13H2,1H3. The Balaban J connectivity index is 1.74. The third kappa shape index (κ3) is 4.63. The van der Waals surface area contributed by atoms with Gasteiger partial charge in [-0.15, -0.1) is 11.8 Å². The second kappa shape index (κ2) is 9.70. The van der Waals surface area contributed by atoms with Gasteiger partial charge in [-0.1, -0.05) is 11.6 Å². The van der Waals surface area contributed by atoms with E-state index in [1.165, 1.54) is 25.0 Å².